The average molecular weight is 317 g/mol. The number of hydrogen-bond acceptors (Lipinski definition) is 3. The topological polar surface area (TPSA) is 75.4 Å². The van der Waals surface area contributed by atoms with Crippen LogP contribution in [0.4, 0.5) is 0 Å². The van der Waals surface area contributed by atoms with Gasteiger partial charge in [0.05, 0.1) is 6.04 Å². The number of carbonyl (C=O) groups is 2. The van der Waals surface area contributed by atoms with Crippen molar-refractivity contribution in [3.05, 3.63) is 35.4 Å². The Morgan fingerprint density at radius 1 is 1.26 bits per heavy atom. The van der Waals surface area contributed by atoms with E-state index >= 15 is 0 Å². The van der Waals surface area contributed by atoms with E-state index in [4.69, 9.17) is 5.73 Å². The van der Waals surface area contributed by atoms with Crippen LogP contribution < -0.4 is 11.1 Å². The fraction of sp³-hybridized carbons (Fsp3) is 0.556. The first-order valence-corrected chi connectivity index (χ1v) is 8.40. The van der Waals surface area contributed by atoms with Crippen LogP contribution in [0.1, 0.15) is 44.2 Å². The molecule has 0 aliphatic carbocycles. The lowest BCUT2D eigenvalue weighted by atomic mass is 9.99. The molecule has 0 bridgehead atoms. The summed E-state index contributed by atoms with van der Waals surface area (Å²) in [4.78, 5) is 26.0. The van der Waals surface area contributed by atoms with E-state index in [-0.39, 0.29) is 17.7 Å². The normalized spacial score (nSPS) is 15.9. The summed E-state index contributed by atoms with van der Waals surface area (Å²) in [6.45, 7) is 5.87. The molecule has 1 aliphatic heterocycles. The molecule has 2 unspecified atom stereocenters. The van der Waals surface area contributed by atoms with Gasteiger partial charge < -0.3 is 16.0 Å². The van der Waals surface area contributed by atoms with E-state index in [9.17, 15) is 9.59 Å². The van der Waals surface area contributed by atoms with Crippen molar-refractivity contribution in [1.29, 1.82) is 0 Å². The maximum absolute atomic E-state index is 12.2. The highest BCUT2D eigenvalue weighted by molar-refractivity contribution is 5.82. The smallest absolute Gasteiger partial charge is 0.237 e. The van der Waals surface area contributed by atoms with Gasteiger partial charge in [0.15, 0.2) is 0 Å². The third-order valence-corrected chi connectivity index (χ3v) is 4.62. The summed E-state index contributed by atoms with van der Waals surface area (Å²) in [6.07, 6.45) is 1.97. The van der Waals surface area contributed by atoms with Crippen LogP contribution in [0.2, 0.25) is 0 Å². The van der Waals surface area contributed by atoms with Crippen LogP contribution in [0, 0.1) is 5.92 Å². The molecule has 0 fully saturated rings. The van der Waals surface area contributed by atoms with Gasteiger partial charge in [-0.05, 0) is 23.5 Å². The largest absolute Gasteiger partial charge is 0.355 e. The molecule has 0 spiro atoms. The molecular weight excluding hydrogens is 290 g/mol. The second-order valence-corrected chi connectivity index (χ2v) is 6.32. The highest BCUT2D eigenvalue weighted by Crippen LogP contribution is 2.22. The van der Waals surface area contributed by atoms with E-state index in [2.05, 4.69) is 17.4 Å². The Morgan fingerprint density at radius 2 is 1.87 bits per heavy atom. The van der Waals surface area contributed by atoms with E-state index in [0.717, 1.165) is 6.42 Å². The number of carbonyl (C=O) groups excluding carboxylic acids is 2. The van der Waals surface area contributed by atoms with Gasteiger partial charge in [0.1, 0.15) is 0 Å². The van der Waals surface area contributed by atoms with Crippen LogP contribution in [0.25, 0.3) is 0 Å². The highest BCUT2D eigenvalue weighted by Gasteiger charge is 2.22. The highest BCUT2D eigenvalue weighted by atomic mass is 16.2. The molecule has 0 saturated heterocycles. The van der Waals surface area contributed by atoms with Crippen LogP contribution in [-0.4, -0.2) is 29.3 Å². The minimum Gasteiger partial charge on any atom is -0.355 e. The van der Waals surface area contributed by atoms with E-state index in [1.165, 1.54) is 11.1 Å². The number of nitrogens with zero attached hydrogens (tertiary/aromatic N) is 1. The van der Waals surface area contributed by atoms with Crippen LogP contribution in [0.15, 0.2) is 24.3 Å². The van der Waals surface area contributed by atoms with E-state index in [1.54, 1.807) is 0 Å². The summed E-state index contributed by atoms with van der Waals surface area (Å²) in [5, 5.41) is 2.83. The summed E-state index contributed by atoms with van der Waals surface area (Å²) in [6, 6.07) is 7.67. The molecule has 2 atom stereocenters. The zero-order chi connectivity index (χ0) is 16.8. The lowest BCUT2D eigenvalue weighted by Gasteiger charge is -2.18. The van der Waals surface area contributed by atoms with Crippen LogP contribution in [-0.2, 0) is 22.7 Å². The van der Waals surface area contributed by atoms with Gasteiger partial charge in [0, 0.05) is 26.1 Å². The molecule has 2 rings (SSSR count). The first-order chi connectivity index (χ1) is 11.0. The van der Waals surface area contributed by atoms with E-state index in [1.807, 2.05) is 30.9 Å². The van der Waals surface area contributed by atoms with Gasteiger partial charge in [-0.2, -0.15) is 0 Å². The van der Waals surface area contributed by atoms with Crippen molar-refractivity contribution >= 4 is 11.8 Å². The Labute approximate surface area is 138 Å². The van der Waals surface area contributed by atoms with Crippen molar-refractivity contribution in [2.45, 2.75) is 52.2 Å². The Morgan fingerprint density at radius 3 is 2.43 bits per heavy atom. The van der Waals surface area contributed by atoms with Gasteiger partial charge in [-0.3, -0.25) is 9.59 Å². The Kier molecular flexibility index (Phi) is 6.16. The van der Waals surface area contributed by atoms with Crippen molar-refractivity contribution in [3.8, 4) is 0 Å². The molecule has 0 saturated carbocycles. The summed E-state index contributed by atoms with van der Waals surface area (Å²) in [5.74, 6) is 0.182. The molecular formula is C18H27N3O2. The second-order valence-electron chi connectivity index (χ2n) is 6.32. The second kappa shape index (κ2) is 8.11. The van der Waals surface area contributed by atoms with Crippen LogP contribution >= 0.6 is 0 Å². The lowest BCUT2D eigenvalue weighted by Crippen LogP contribution is -2.45. The Balaban J connectivity index is 1.67. The number of benzene rings is 1. The van der Waals surface area contributed by atoms with Gasteiger partial charge in [-0.1, -0.05) is 44.5 Å². The molecule has 126 valence electrons. The van der Waals surface area contributed by atoms with Crippen molar-refractivity contribution in [2.75, 3.05) is 6.54 Å². The van der Waals surface area contributed by atoms with E-state index < -0.39 is 6.04 Å². The Bertz CT molecular complexity index is 534. The zero-order valence-corrected chi connectivity index (χ0v) is 14.0. The first kappa shape index (κ1) is 17.5. The molecule has 2 amide bonds. The third kappa shape index (κ3) is 4.55. The molecule has 0 radical (unpaired) electrons. The summed E-state index contributed by atoms with van der Waals surface area (Å²) in [5.41, 5.74) is 8.33. The molecule has 5 nitrogen and oxygen atoms in total. The van der Waals surface area contributed by atoms with Gasteiger partial charge in [-0.25, -0.2) is 0 Å². The predicted octanol–water partition coefficient (Wildman–Crippen LogP) is 1.80. The number of fused-ring (bicyclic) bond motifs is 1. The average Bonchev–Trinajstić information content (AvgIpc) is 3.01. The SMILES string of the molecule is CCC(C)C(N)C(=O)NCCCC(=O)N1Cc2ccccc2C1. The number of hydrogen-bond donors (Lipinski definition) is 2. The zero-order valence-electron chi connectivity index (χ0n) is 14.0. The molecule has 1 heterocycles. The van der Waals surface area contributed by atoms with Crippen molar-refractivity contribution in [2.24, 2.45) is 11.7 Å². The van der Waals surface area contributed by atoms with Crippen LogP contribution in [0.3, 0.4) is 0 Å². The minimum absolute atomic E-state index is 0.125. The van der Waals surface area contributed by atoms with Gasteiger partial charge in [-0.15, -0.1) is 0 Å². The predicted molar refractivity (Wildman–Crippen MR) is 90.4 cm³/mol. The standard InChI is InChI=1S/C18H27N3O2/c1-3-13(2)17(19)18(23)20-10-6-9-16(22)21-11-14-7-4-5-8-15(14)12-21/h4-5,7-8,13,17H,3,6,9-12,19H2,1-2H3,(H,20,23). The fourth-order valence-electron chi connectivity index (χ4n) is 2.75. The fourth-order valence-corrected chi connectivity index (χ4v) is 2.75. The maximum Gasteiger partial charge on any atom is 0.237 e. The van der Waals surface area contributed by atoms with Gasteiger partial charge >= 0.3 is 0 Å². The van der Waals surface area contributed by atoms with E-state index in [0.29, 0.717) is 32.5 Å². The third-order valence-electron chi connectivity index (χ3n) is 4.62. The van der Waals surface area contributed by atoms with Crippen LogP contribution in [0.5, 0.6) is 0 Å². The quantitative estimate of drug-likeness (QED) is 0.753. The Hall–Kier alpha value is -1.88. The maximum atomic E-state index is 12.2. The monoisotopic (exact) mass is 317 g/mol. The van der Waals surface area contributed by atoms with Crippen molar-refractivity contribution in [3.63, 3.8) is 0 Å². The van der Waals surface area contributed by atoms with Crippen molar-refractivity contribution in [1.82, 2.24) is 10.2 Å². The van der Waals surface area contributed by atoms with Gasteiger partial charge in [0.2, 0.25) is 11.8 Å². The lowest BCUT2D eigenvalue weighted by molar-refractivity contribution is -0.132. The molecule has 1 aliphatic rings. The number of rotatable bonds is 7. The number of nitrogens with two attached hydrogens (primary N) is 1. The van der Waals surface area contributed by atoms with Crippen molar-refractivity contribution < 1.29 is 9.59 Å². The molecule has 3 N–H and O–H groups in total. The van der Waals surface area contributed by atoms with Gasteiger partial charge in [0.25, 0.3) is 0 Å². The molecule has 5 heteroatoms. The number of amides is 2. The summed E-state index contributed by atoms with van der Waals surface area (Å²) in [7, 11) is 0. The summed E-state index contributed by atoms with van der Waals surface area (Å²) < 4.78 is 0. The summed E-state index contributed by atoms with van der Waals surface area (Å²) >= 11 is 0. The molecule has 1 aromatic rings. The first-order valence-electron chi connectivity index (χ1n) is 8.40. The molecule has 0 aromatic heterocycles. The number of nitrogens with one attached hydrogen (secondary N) is 1. The minimum atomic E-state index is -0.469. The molecule has 1 aromatic carbocycles. The molecule has 23 heavy (non-hydrogen) atoms.